The number of hydrogen-bond acceptors (Lipinski definition) is 5. The molecule has 0 atom stereocenters. The Bertz CT molecular complexity index is 913. The van der Waals surface area contributed by atoms with Gasteiger partial charge in [0.05, 0.1) is 29.5 Å². The van der Waals surface area contributed by atoms with E-state index in [4.69, 9.17) is 10.5 Å². The van der Waals surface area contributed by atoms with Crippen molar-refractivity contribution in [3.8, 4) is 34.8 Å². The highest BCUT2D eigenvalue weighted by Gasteiger charge is 2.09. The largest absolute Gasteiger partial charge is 0.506 e. The van der Waals surface area contributed by atoms with Crippen molar-refractivity contribution in [3.05, 3.63) is 59.8 Å². The summed E-state index contributed by atoms with van der Waals surface area (Å²) < 4.78 is 1.43. The van der Waals surface area contributed by atoms with Gasteiger partial charge >= 0.3 is 0 Å². The summed E-state index contributed by atoms with van der Waals surface area (Å²) in [5.74, 6) is -0.0460. The third kappa shape index (κ3) is 2.37. The zero-order chi connectivity index (χ0) is 15.5. The molecule has 0 bridgehead atoms. The van der Waals surface area contributed by atoms with E-state index in [2.05, 4.69) is 16.4 Å². The lowest BCUT2D eigenvalue weighted by Gasteiger charge is -2.03. The Morgan fingerprint density at radius 3 is 2.27 bits per heavy atom. The lowest BCUT2D eigenvalue weighted by atomic mass is 10.1. The van der Waals surface area contributed by atoms with Gasteiger partial charge in [0.15, 0.2) is 0 Å². The van der Waals surface area contributed by atoms with E-state index < -0.39 is 0 Å². The van der Waals surface area contributed by atoms with Crippen LogP contribution in [0.2, 0.25) is 0 Å². The molecule has 6 nitrogen and oxygen atoms in total. The second kappa shape index (κ2) is 5.39. The molecular weight excluding hydrogens is 278 g/mol. The number of phenolic OH excluding ortho intramolecular Hbond substituents is 1. The van der Waals surface area contributed by atoms with Gasteiger partial charge in [-0.1, -0.05) is 17.3 Å². The van der Waals surface area contributed by atoms with Crippen molar-refractivity contribution in [2.24, 2.45) is 0 Å². The molecule has 3 rings (SSSR count). The predicted octanol–water partition coefficient (Wildman–Crippen LogP) is 2.38. The normalized spacial score (nSPS) is 9.91. The molecule has 1 N–H and O–H groups in total. The first-order valence-electron chi connectivity index (χ1n) is 6.37. The molecule has 0 fully saturated rings. The van der Waals surface area contributed by atoms with Crippen LogP contribution in [0.25, 0.3) is 16.9 Å². The van der Waals surface area contributed by atoms with Crippen LogP contribution in [0.15, 0.2) is 48.7 Å². The van der Waals surface area contributed by atoms with E-state index >= 15 is 0 Å². The quantitative estimate of drug-likeness (QED) is 0.780. The smallest absolute Gasteiger partial charge is 0.142 e. The zero-order valence-electron chi connectivity index (χ0n) is 11.3. The molecule has 0 aliphatic heterocycles. The average molecular weight is 287 g/mol. The van der Waals surface area contributed by atoms with Gasteiger partial charge in [0.1, 0.15) is 17.1 Å². The maximum Gasteiger partial charge on any atom is 0.142 e. The van der Waals surface area contributed by atoms with Crippen LogP contribution in [0, 0.1) is 22.7 Å². The van der Waals surface area contributed by atoms with Gasteiger partial charge in [-0.05, 0) is 30.3 Å². The maximum atomic E-state index is 9.95. The lowest BCUT2D eigenvalue weighted by Crippen LogP contribution is -1.95. The van der Waals surface area contributed by atoms with Gasteiger partial charge in [-0.15, -0.1) is 5.10 Å². The molecule has 6 heteroatoms. The number of phenols is 1. The highest BCUT2D eigenvalue weighted by molar-refractivity contribution is 5.60. The Hall–Kier alpha value is -3.64. The van der Waals surface area contributed by atoms with E-state index in [1.807, 2.05) is 6.07 Å². The zero-order valence-corrected chi connectivity index (χ0v) is 11.3. The second-order valence-corrected chi connectivity index (χ2v) is 4.55. The van der Waals surface area contributed by atoms with Gasteiger partial charge in [0, 0.05) is 5.56 Å². The Balaban J connectivity index is 1.97. The van der Waals surface area contributed by atoms with Crippen molar-refractivity contribution in [1.82, 2.24) is 15.0 Å². The number of benzene rings is 2. The van der Waals surface area contributed by atoms with Crippen molar-refractivity contribution in [1.29, 1.82) is 10.5 Å². The summed E-state index contributed by atoms with van der Waals surface area (Å²) in [6, 6.07) is 15.6. The van der Waals surface area contributed by atoms with Crippen LogP contribution in [0.1, 0.15) is 11.1 Å². The summed E-state index contributed by atoms with van der Waals surface area (Å²) >= 11 is 0. The van der Waals surface area contributed by atoms with Gasteiger partial charge in [-0.25, -0.2) is 4.68 Å². The molecule has 22 heavy (non-hydrogen) atoms. The highest BCUT2D eigenvalue weighted by Crippen LogP contribution is 2.24. The standard InChI is InChI=1S/C16H9N5O/c17-8-11-1-4-13(5-2-11)14-10-21(20-19-14)15-6-3-12(9-18)7-16(15)22/h1-7,10,22H. The van der Waals surface area contributed by atoms with E-state index in [-0.39, 0.29) is 5.75 Å². The van der Waals surface area contributed by atoms with Crippen molar-refractivity contribution < 1.29 is 5.11 Å². The maximum absolute atomic E-state index is 9.95. The SMILES string of the molecule is N#Cc1ccc(-c2cn(-c3ccc(C#N)cc3O)nn2)cc1. The minimum atomic E-state index is -0.0460. The van der Waals surface area contributed by atoms with Crippen molar-refractivity contribution in [3.63, 3.8) is 0 Å². The lowest BCUT2D eigenvalue weighted by molar-refractivity contribution is 0.469. The topological polar surface area (TPSA) is 98.5 Å². The fraction of sp³-hybridized carbons (Fsp3) is 0. The predicted molar refractivity (Wildman–Crippen MR) is 77.9 cm³/mol. The van der Waals surface area contributed by atoms with E-state index in [1.54, 1.807) is 42.6 Å². The van der Waals surface area contributed by atoms with E-state index in [0.29, 0.717) is 22.5 Å². The molecule has 0 amide bonds. The molecule has 2 aromatic carbocycles. The molecule has 0 radical (unpaired) electrons. The Morgan fingerprint density at radius 1 is 0.955 bits per heavy atom. The van der Waals surface area contributed by atoms with Gasteiger partial charge in [0.2, 0.25) is 0 Å². The Kier molecular flexibility index (Phi) is 3.27. The van der Waals surface area contributed by atoms with Crippen molar-refractivity contribution >= 4 is 0 Å². The minimum Gasteiger partial charge on any atom is -0.506 e. The van der Waals surface area contributed by atoms with Crippen LogP contribution in [0.3, 0.4) is 0 Å². The van der Waals surface area contributed by atoms with Crippen LogP contribution in [-0.2, 0) is 0 Å². The molecule has 0 aliphatic rings. The number of nitriles is 2. The highest BCUT2D eigenvalue weighted by atomic mass is 16.3. The molecule has 104 valence electrons. The summed E-state index contributed by atoms with van der Waals surface area (Å²) in [5, 5.41) is 35.6. The first kappa shape index (κ1) is 13.3. The monoisotopic (exact) mass is 287 g/mol. The molecule has 0 aliphatic carbocycles. The van der Waals surface area contributed by atoms with Crippen molar-refractivity contribution in [2.75, 3.05) is 0 Å². The third-order valence-electron chi connectivity index (χ3n) is 3.15. The summed E-state index contributed by atoms with van der Waals surface area (Å²) in [4.78, 5) is 0. The molecule has 1 aromatic heterocycles. The molecule has 3 aromatic rings. The van der Waals surface area contributed by atoms with Crippen LogP contribution >= 0.6 is 0 Å². The van der Waals surface area contributed by atoms with Gasteiger partial charge in [-0.3, -0.25) is 0 Å². The fourth-order valence-corrected chi connectivity index (χ4v) is 2.02. The third-order valence-corrected chi connectivity index (χ3v) is 3.15. The van der Waals surface area contributed by atoms with Crippen LogP contribution < -0.4 is 0 Å². The molecule has 1 heterocycles. The fourth-order valence-electron chi connectivity index (χ4n) is 2.02. The number of aromatic nitrogens is 3. The van der Waals surface area contributed by atoms with E-state index in [1.165, 1.54) is 10.7 Å². The van der Waals surface area contributed by atoms with E-state index in [9.17, 15) is 5.11 Å². The minimum absolute atomic E-state index is 0.0460. The van der Waals surface area contributed by atoms with Crippen LogP contribution in [0.5, 0.6) is 5.75 Å². The number of hydrogen-bond donors (Lipinski definition) is 1. The van der Waals surface area contributed by atoms with Crippen LogP contribution in [0.4, 0.5) is 0 Å². The summed E-state index contributed by atoms with van der Waals surface area (Å²) in [5.41, 5.74) is 2.81. The summed E-state index contributed by atoms with van der Waals surface area (Å²) in [7, 11) is 0. The molecule has 0 saturated carbocycles. The summed E-state index contributed by atoms with van der Waals surface area (Å²) in [6.45, 7) is 0. The number of rotatable bonds is 2. The molecule has 0 saturated heterocycles. The van der Waals surface area contributed by atoms with Gasteiger partial charge < -0.3 is 5.11 Å². The Labute approximate surface area is 126 Å². The second-order valence-electron chi connectivity index (χ2n) is 4.55. The number of nitrogens with zero attached hydrogens (tertiary/aromatic N) is 5. The van der Waals surface area contributed by atoms with E-state index in [0.717, 1.165) is 5.56 Å². The molecule has 0 spiro atoms. The first-order valence-corrected chi connectivity index (χ1v) is 6.37. The Morgan fingerprint density at radius 2 is 1.64 bits per heavy atom. The first-order chi connectivity index (χ1) is 10.7. The van der Waals surface area contributed by atoms with Crippen molar-refractivity contribution in [2.45, 2.75) is 0 Å². The van der Waals surface area contributed by atoms with Gasteiger partial charge in [0.25, 0.3) is 0 Å². The molecule has 0 unspecified atom stereocenters. The summed E-state index contributed by atoms with van der Waals surface area (Å²) in [6.07, 6.45) is 1.67. The number of aromatic hydroxyl groups is 1. The van der Waals surface area contributed by atoms with Gasteiger partial charge in [-0.2, -0.15) is 10.5 Å². The average Bonchev–Trinajstić information content (AvgIpc) is 3.04. The van der Waals surface area contributed by atoms with Crippen LogP contribution in [-0.4, -0.2) is 20.1 Å². The molecular formula is C16H9N5O.